The van der Waals surface area contributed by atoms with Gasteiger partial charge in [-0.25, -0.2) is 0 Å². The Labute approximate surface area is 93.5 Å². The third kappa shape index (κ3) is 2.44. The summed E-state index contributed by atoms with van der Waals surface area (Å²) in [6.45, 7) is 0. The molecule has 1 aromatic carbocycles. The first kappa shape index (κ1) is 9.96. The van der Waals surface area contributed by atoms with Crippen molar-refractivity contribution in [3.8, 4) is 11.2 Å². The van der Waals surface area contributed by atoms with Gasteiger partial charge in [0.15, 0.2) is 23.0 Å². The Morgan fingerprint density at radius 2 is 2.33 bits per heavy atom. The Bertz CT molecular complexity index is 326. The second kappa shape index (κ2) is 4.80. The van der Waals surface area contributed by atoms with Crippen molar-refractivity contribution in [3.05, 3.63) is 23.2 Å². The smallest absolute Gasteiger partial charge is 0.192 e. The lowest BCUT2D eigenvalue weighted by atomic mass is 10.3. The molecule has 0 N–H and O–H groups in total. The molecule has 12 heavy (non-hydrogen) atoms. The van der Waals surface area contributed by atoms with Crippen molar-refractivity contribution < 1.29 is 3.07 Å². The zero-order valence-corrected chi connectivity index (χ0v) is 9.48. The largest absolute Gasteiger partial charge is 0.428 e. The molecule has 0 aliphatic carbocycles. The van der Waals surface area contributed by atoms with Crippen LogP contribution in [-0.4, -0.2) is 0 Å². The van der Waals surface area contributed by atoms with Crippen LogP contribution in [0.4, 0.5) is 0 Å². The van der Waals surface area contributed by atoms with Gasteiger partial charge in [0.05, 0.1) is 5.02 Å². The average Bonchev–Trinajstić information content (AvgIpc) is 2.09. The van der Waals surface area contributed by atoms with E-state index in [4.69, 9.17) is 19.9 Å². The highest BCUT2D eigenvalue weighted by Gasteiger charge is 2.01. The summed E-state index contributed by atoms with van der Waals surface area (Å²) in [5.74, 6) is 0.683. The van der Waals surface area contributed by atoms with Gasteiger partial charge >= 0.3 is 0 Å². The van der Waals surface area contributed by atoms with Crippen molar-refractivity contribution in [2.45, 2.75) is 4.90 Å². The molecule has 0 saturated carbocycles. The molecule has 0 radical (unpaired) electrons. The second-order valence-electron chi connectivity index (χ2n) is 1.86. The minimum absolute atomic E-state index is 0.538. The second-order valence-corrected chi connectivity index (χ2v) is 3.54. The Kier molecular flexibility index (Phi) is 3.98. The molecule has 1 rings (SSSR count). The maximum absolute atomic E-state index is 8.39. The summed E-state index contributed by atoms with van der Waals surface area (Å²) >= 11 is 8.64. The highest BCUT2D eigenvalue weighted by molar-refractivity contribution is 14.1. The van der Waals surface area contributed by atoms with Crippen LogP contribution < -0.4 is 3.07 Å². The standard InChI is InChI=1S/C7H3ClINOS/c8-6-3-5(11-9)1-2-7(6)12-4-10/h1-3H. The molecular formula is C7H3ClINOS. The average molecular weight is 312 g/mol. The molecule has 5 heteroatoms. The van der Waals surface area contributed by atoms with Gasteiger partial charge in [0.2, 0.25) is 0 Å². The predicted molar refractivity (Wildman–Crippen MR) is 57.6 cm³/mol. The monoisotopic (exact) mass is 311 g/mol. The molecule has 0 aromatic heterocycles. The van der Waals surface area contributed by atoms with E-state index in [2.05, 4.69) is 0 Å². The number of benzene rings is 1. The van der Waals surface area contributed by atoms with Gasteiger partial charge in [-0.05, 0) is 23.9 Å². The molecule has 0 spiro atoms. The van der Waals surface area contributed by atoms with Crippen LogP contribution in [0.5, 0.6) is 5.75 Å². The van der Waals surface area contributed by atoms with Crippen LogP contribution in [0.3, 0.4) is 0 Å². The third-order valence-electron chi connectivity index (χ3n) is 1.15. The van der Waals surface area contributed by atoms with E-state index in [1.165, 1.54) is 0 Å². The van der Waals surface area contributed by atoms with Crippen LogP contribution in [0.15, 0.2) is 23.1 Å². The number of thioether (sulfide) groups is 1. The molecule has 62 valence electrons. The summed E-state index contributed by atoms with van der Waals surface area (Å²) in [6, 6.07) is 5.19. The Morgan fingerprint density at radius 3 is 2.83 bits per heavy atom. The number of halogens is 2. The normalized spacial score (nSPS) is 9.08. The zero-order valence-electron chi connectivity index (χ0n) is 5.75. The maximum Gasteiger partial charge on any atom is 0.192 e. The van der Waals surface area contributed by atoms with E-state index >= 15 is 0 Å². The molecular weight excluding hydrogens is 309 g/mol. The first-order valence-corrected chi connectivity index (χ1v) is 4.99. The SMILES string of the molecule is N#CSc1ccc(OI)cc1Cl. The van der Waals surface area contributed by atoms with Crippen molar-refractivity contribution >= 4 is 46.4 Å². The van der Waals surface area contributed by atoms with Crippen molar-refractivity contribution in [3.63, 3.8) is 0 Å². The van der Waals surface area contributed by atoms with E-state index in [0.717, 1.165) is 16.7 Å². The lowest BCUT2D eigenvalue weighted by Crippen LogP contribution is -1.76. The fourth-order valence-corrected chi connectivity index (χ4v) is 1.61. The summed E-state index contributed by atoms with van der Waals surface area (Å²) in [6.07, 6.45) is 0. The lowest BCUT2D eigenvalue weighted by molar-refractivity contribution is 0.716. The van der Waals surface area contributed by atoms with Crippen LogP contribution in [-0.2, 0) is 0 Å². The molecule has 1 aromatic rings. The highest BCUT2D eigenvalue weighted by atomic mass is 127. The number of nitrogens with zero attached hydrogens (tertiary/aromatic N) is 1. The Morgan fingerprint density at radius 1 is 1.58 bits per heavy atom. The molecule has 0 aliphatic heterocycles. The Hall–Kier alpha value is -0.120. The van der Waals surface area contributed by atoms with Gasteiger partial charge in [-0.15, -0.1) is 0 Å². The van der Waals surface area contributed by atoms with Gasteiger partial charge in [-0.3, -0.25) is 0 Å². The maximum atomic E-state index is 8.39. The molecule has 0 bridgehead atoms. The van der Waals surface area contributed by atoms with Crippen molar-refractivity contribution in [1.29, 1.82) is 5.26 Å². The van der Waals surface area contributed by atoms with E-state index in [9.17, 15) is 0 Å². The zero-order chi connectivity index (χ0) is 8.97. The van der Waals surface area contributed by atoms with E-state index in [-0.39, 0.29) is 0 Å². The van der Waals surface area contributed by atoms with Gasteiger partial charge in [0, 0.05) is 11.0 Å². The van der Waals surface area contributed by atoms with E-state index in [1.54, 1.807) is 41.2 Å². The molecule has 0 aliphatic rings. The minimum Gasteiger partial charge on any atom is -0.428 e. The summed E-state index contributed by atoms with van der Waals surface area (Å²) in [5.41, 5.74) is 0. The first-order valence-electron chi connectivity index (χ1n) is 2.92. The molecule has 0 heterocycles. The van der Waals surface area contributed by atoms with Crippen molar-refractivity contribution in [2.24, 2.45) is 0 Å². The third-order valence-corrected chi connectivity index (χ3v) is 2.75. The van der Waals surface area contributed by atoms with Crippen LogP contribution in [0.2, 0.25) is 5.02 Å². The topological polar surface area (TPSA) is 33.0 Å². The van der Waals surface area contributed by atoms with E-state index in [0.29, 0.717) is 10.8 Å². The Balaban J connectivity index is 2.97. The lowest BCUT2D eigenvalue weighted by Gasteiger charge is -2.00. The number of hydrogen-bond acceptors (Lipinski definition) is 3. The molecule has 2 nitrogen and oxygen atoms in total. The predicted octanol–water partition coefficient (Wildman–Crippen LogP) is 3.64. The minimum atomic E-state index is 0.538. The number of thiocyanates is 1. The highest BCUT2D eigenvalue weighted by Crippen LogP contribution is 2.30. The van der Waals surface area contributed by atoms with Crippen molar-refractivity contribution in [1.82, 2.24) is 0 Å². The number of nitriles is 1. The van der Waals surface area contributed by atoms with Crippen LogP contribution >= 0.6 is 46.4 Å². The number of hydrogen-bond donors (Lipinski definition) is 0. The molecule has 0 unspecified atom stereocenters. The van der Waals surface area contributed by atoms with Gasteiger partial charge in [-0.1, -0.05) is 11.6 Å². The first-order chi connectivity index (χ1) is 5.77. The quantitative estimate of drug-likeness (QED) is 0.475. The van der Waals surface area contributed by atoms with Gasteiger partial charge in [0.1, 0.15) is 11.2 Å². The van der Waals surface area contributed by atoms with Gasteiger partial charge in [-0.2, -0.15) is 5.26 Å². The van der Waals surface area contributed by atoms with E-state index in [1.807, 2.05) is 5.40 Å². The summed E-state index contributed by atoms with van der Waals surface area (Å²) in [5, 5.41) is 10.9. The van der Waals surface area contributed by atoms with Crippen molar-refractivity contribution in [2.75, 3.05) is 0 Å². The molecule has 0 amide bonds. The van der Waals surface area contributed by atoms with Crippen LogP contribution in [0.25, 0.3) is 0 Å². The number of rotatable bonds is 2. The van der Waals surface area contributed by atoms with Gasteiger partial charge < -0.3 is 3.07 Å². The van der Waals surface area contributed by atoms with E-state index < -0.39 is 0 Å². The summed E-state index contributed by atoms with van der Waals surface area (Å²) in [4.78, 5) is 0.747. The summed E-state index contributed by atoms with van der Waals surface area (Å²) in [7, 11) is 0. The fourth-order valence-electron chi connectivity index (χ4n) is 0.662. The molecule has 0 fully saturated rings. The molecule has 0 saturated heterocycles. The van der Waals surface area contributed by atoms with Gasteiger partial charge in [0.25, 0.3) is 0 Å². The summed E-state index contributed by atoms with van der Waals surface area (Å²) < 4.78 is 4.92. The van der Waals surface area contributed by atoms with Crippen LogP contribution in [0, 0.1) is 10.7 Å². The fraction of sp³-hybridized carbons (Fsp3) is 0. The van der Waals surface area contributed by atoms with Crippen LogP contribution in [0.1, 0.15) is 0 Å². The molecule has 0 atom stereocenters.